The summed E-state index contributed by atoms with van der Waals surface area (Å²) < 4.78 is 32.8. The highest BCUT2D eigenvalue weighted by Gasteiger charge is 2.28. The summed E-state index contributed by atoms with van der Waals surface area (Å²) in [5.41, 5.74) is 1.40. The molecule has 3 aromatic carbocycles. The second kappa shape index (κ2) is 11.3. The van der Waals surface area contributed by atoms with Gasteiger partial charge < -0.3 is 10.1 Å². The van der Waals surface area contributed by atoms with Gasteiger partial charge in [-0.15, -0.1) is 0 Å². The number of hydrogen-bond donors (Lipinski definition) is 1. The van der Waals surface area contributed by atoms with Gasteiger partial charge in [-0.2, -0.15) is 0 Å². The summed E-state index contributed by atoms with van der Waals surface area (Å²) in [5.74, 6) is -1.23. The number of anilines is 2. The van der Waals surface area contributed by atoms with Gasteiger partial charge >= 0.3 is 5.97 Å². The number of esters is 1. The molecule has 184 valence electrons. The molecule has 0 saturated carbocycles. The van der Waals surface area contributed by atoms with E-state index >= 15 is 0 Å². The molecule has 0 unspecified atom stereocenters. The van der Waals surface area contributed by atoms with Gasteiger partial charge in [-0.05, 0) is 62.4 Å². The molecule has 0 aromatic heterocycles. The van der Waals surface area contributed by atoms with E-state index in [9.17, 15) is 18.0 Å². The number of halogens is 3. The van der Waals surface area contributed by atoms with Crippen molar-refractivity contribution in [3.05, 3.63) is 86.9 Å². The van der Waals surface area contributed by atoms with Gasteiger partial charge in [0.05, 0.1) is 33.5 Å². The average Bonchev–Trinajstić information content (AvgIpc) is 2.78. The number of aryl methyl sites for hydroxylation is 1. The Morgan fingerprint density at radius 1 is 0.943 bits per heavy atom. The van der Waals surface area contributed by atoms with Crippen molar-refractivity contribution in [3.63, 3.8) is 0 Å². The summed E-state index contributed by atoms with van der Waals surface area (Å²) in [6.07, 6.45) is 0. The minimum atomic E-state index is -4.17. The van der Waals surface area contributed by atoms with E-state index in [4.69, 9.17) is 39.5 Å². The highest BCUT2D eigenvalue weighted by atomic mass is 35.5. The summed E-state index contributed by atoms with van der Waals surface area (Å²) in [6.45, 7) is 3.11. The van der Waals surface area contributed by atoms with Gasteiger partial charge in [0.15, 0.2) is 0 Å². The third-order valence-corrected chi connectivity index (χ3v) is 7.32. The lowest BCUT2D eigenvalue weighted by Gasteiger charge is -2.24. The Bertz CT molecular complexity index is 1340. The van der Waals surface area contributed by atoms with Crippen LogP contribution in [0.1, 0.15) is 22.8 Å². The zero-order valence-corrected chi connectivity index (χ0v) is 21.8. The van der Waals surface area contributed by atoms with Crippen LogP contribution in [0, 0.1) is 6.92 Å². The molecule has 3 rings (SSSR count). The van der Waals surface area contributed by atoms with E-state index in [1.165, 1.54) is 48.5 Å². The summed E-state index contributed by atoms with van der Waals surface area (Å²) >= 11 is 18.4. The van der Waals surface area contributed by atoms with Gasteiger partial charge in [-0.3, -0.25) is 9.10 Å². The van der Waals surface area contributed by atoms with Crippen molar-refractivity contribution in [1.82, 2.24) is 0 Å². The molecular formula is C24H21Cl3N2O5S. The third kappa shape index (κ3) is 6.67. The number of carbonyl (C=O) groups is 2. The van der Waals surface area contributed by atoms with Gasteiger partial charge in [-0.1, -0.05) is 52.5 Å². The van der Waals surface area contributed by atoms with E-state index in [1.54, 1.807) is 19.1 Å². The second-order valence-corrected chi connectivity index (χ2v) is 10.6. The van der Waals surface area contributed by atoms with Crippen LogP contribution in [0.4, 0.5) is 11.4 Å². The number of ether oxygens (including phenoxy) is 1. The molecule has 3 aromatic rings. The van der Waals surface area contributed by atoms with Crippen LogP contribution in [0.2, 0.25) is 15.1 Å². The Morgan fingerprint density at radius 3 is 2.14 bits per heavy atom. The van der Waals surface area contributed by atoms with Gasteiger partial charge in [0, 0.05) is 10.0 Å². The fourth-order valence-electron chi connectivity index (χ4n) is 3.11. The first kappa shape index (κ1) is 26.8. The first-order valence-electron chi connectivity index (χ1n) is 10.3. The molecule has 0 aliphatic heterocycles. The lowest BCUT2D eigenvalue weighted by Crippen LogP contribution is -2.38. The van der Waals surface area contributed by atoms with Crippen LogP contribution in [0.15, 0.2) is 65.6 Å². The van der Waals surface area contributed by atoms with Crippen LogP contribution >= 0.6 is 34.8 Å². The molecule has 35 heavy (non-hydrogen) atoms. The molecule has 0 fully saturated rings. The number of benzene rings is 3. The normalized spacial score (nSPS) is 11.1. The minimum Gasteiger partial charge on any atom is -0.462 e. The zero-order chi connectivity index (χ0) is 25.8. The topological polar surface area (TPSA) is 92.8 Å². The number of rotatable bonds is 8. The Labute approximate surface area is 218 Å². The maximum absolute atomic E-state index is 13.5. The first-order chi connectivity index (χ1) is 16.5. The van der Waals surface area contributed by atoms with E-state index in [1.807, 2.05) is 6.92 Å². The number of amides is 1. The molecule has 0 radical (unpaired) electrons. The molecule has 0 saturated heterocycles. The Kier molecular flexibility index (Phi) is 8.66. The SMILES string of the molecule is CCOC(=O)c1ccc(NC(=O)CN(c2cc(Cl)cc(Cl)c2)S(=O)(=O)c2ccc(C)cc2)c(Cl)c1. The van der Waals surface area contributed by atoms with Gasteiger partial charge in [0.25, 0.3) is 10.0 Å². The molecule has 0 aliphatic carbocycles. The van der Waals surface area contributed by atoms with Crippen LogP contribution in [0.3, 0.4) is 0 Å². The van der Waals surface area contributed by atoms with Gasteiger partial charge in [0.2, 0.25) is 5.91 Å². The number of nitrogens with one attached hydrogen (secondary N) is 1. The van der Waals surface area contributed by atoms with Crippen LogP contribution in [-0.2, 0) is 19.6 Å². The fourth-order valence-corrected chi connectivity index (χ4v) is 5.26. The summed E-state index contributed by atoms with van der Waals surface area (Å²) in [6, 6.07) is 14.7. The Balaban J connectivity index is 1.92. The lowest BCUT2D eigenvalue weighted by atomic mass is 10.2. The van der Waals surface area contributed by atoms with E-state index in [-0.39, 0.29) is 43.5 Å². The highest BCUT2D eigenvalue weighted by Crippen LogP contribution is 2.30. The first-order valence-corrected chi connectivity index (χ1v) is 12.9. The van der Waals surface area contributed by atoms with Crippen LogP contribution < -0.4 is 9.62 Å². The molecule has 0 bridgehead atoms. The highest BCUT2D eigenvalue weighted by molar-refractivity contribution is 7.92. The van der Waals surface area contributed by atoms with Crippen molar-refractivity contribution >= 4 is 68.1 Å². The van der Waals surface area contributed by atoms with Crippen molar-refractivity contribution < 1.29 is 22.7 Å². The number of hydrogen-bond acceptors (Lipinski definition) is 5. The smallest absolute Gasteiger partial charge is 0.338 e. The number of carbonyl (C=O) groups excluding carboxylic acids is 2. The van der Waals surface area contributed by atoms with Crippen molar-refractivity contribution in [1.29, 1.82) is 0 Å². The van der Waals surface area contributed by atoms with Crippen LogP contribution in [0.5, 0.6) is 0 Å². The fraction of sp³-hybridized carbons (Fsp3) is 0.167. The molecule has 7 nitrogen and oxygen atoms in total. The van der Waals surface area contributed by atoms with E-state index < -0.39 is 28.4 Å². The van der Waals surface area contributed by atoms with E-state index in [0.717, 1.165) is 9.87 Å². The predicted octanol–water partition coefficient (Wildman–Crippen LogP) is 5.97. The second-order valence-electron chi connectivity index (χ2n) is 7.42. The molecule has 0 spiro atoms. The number of sulfonamides is 1. The average molecular weight is 556 g/mol. The molecule has 11 heteroatoms. The maximum Gasteiger partial charge on any atom is 0.338 e. The Hall–Kier alpha value is -2.78. The zero-order valence-electron chi connectivity index (χ0n) is 18.7. The quantitative estimate of drug-likeness (QED) is 0.346. The third-order valence-electron chi connectivity index (χ3n) is 4.79. The van der Waals surface area contributed by atoms with Crippen molar-refractivity contribution in [2.45, 2.75) is 18.7 Å². The van der Waals surface area contributed by atoms with Crippen molar-refractivity contribution in [2.75, 3.05) is 22.8 Å². The maximum atomic E-state index is 13.5. The summed E-state index contributed by atoms with van der Waals surface area (Å²) in [7, 11) is -4.17. The van der Waals surface area contributed by atoms with Crippen molar-refractivity contribution in [3.8, 4) is 0 Å². The van der Waals surface area contributed by atoms with Crippen LogP contribution in [-0.4, -0.2) is 33.4 Å². The Morgan fingerprint density at radius 2 is 1.57 bits per heavy atom. The molecular weight excluding hydrogens is 535 g/mol. The molecule has 0 aliphatic rings. The predicted molar refractivity (Wildman–Crippen MR) is 138 cm³/mol. The van der Waals surface area contributed by atoms with Crippen molar-refractivity contribution in [2.24, 2.45) is 0 Å². The number of nitrogens with zero attached hydrogens (tertiary/aromatic N) is 1. The van der Waals surface area contributed by atoms with Gasteiger partial charge in [0.1, 0.15) is 6.54 Å². The van der Waals surface area contributed by atoms with Gasteiger partial charge in [-0.25, -0.2) is 13.2 Å². The molecule has 0 heterocycles. The van der Waals surface area contributed by atoms with Crippen LogP contribution in [0.25, 0.3) is 0 Å². The van der Waals surface area contributed by atoms with E-state index in [0.29, 0.717) is 0 Å². The standard InChI is InChI=1S/C24H21Cl3N2O5S/c1-3-34-24(31)16-6-9-22(21(27)10-16)28-23(30)14-29(19-12-17(25)11-18(26)13-19)35(32,33)20-7-4-15(2)5-8-20/h4-13H,3,14H2,1-2H3,(H,28,30). The summed E-state index contributed by atoms with van der Waals surface area (Å²) in [5, 5.41) is 3.07. The lowest BCUT2D eigenvalue weighted by molar-refractivity contribution is -0.114. The largest absolute Gasteiger partial charge is 0.462 e. The monoisotopic (exact) mass is 554 g/mol. The molecule has 0 atom stereocenters. The minimum absolute atomic E-state index is 0.0104. The summed E-state index contributed by atoms with van der Waals surface area (Å²) in [4.78, 5) is 24.8. The molecule has 1 N–H and O–H groups in total. The van der Waals surface area contributed by atoms with E-state index in [2.05, 4.69) is 5.32 Å². The molecule has 1 amide bonds.